The molecule has 114 valence electrons. The van der Waals surface area contributed by atoms with Gasteiger partial charge in [-0.05, 0) is 31.0 Å². The summed E-state index contributed by atoms with van der Waals surface area (Å²) in [5.74, 6) is -0.185. The number of hydrogen-bond acceptors (Lipinski definition) is 4. The molecule has 4 rings (SSSR count). The predicted molar refractivity (Wildman–Crippen MR) is 90.6 cm³/mol. The molecule has 3 aromatic rings. The lowest BCUT2D eigenvalue weighted by Crippen LogP contribution is -2.13. The predicted octanol–water partition coefficient (Wildman–Crippen LogP) is 3.46. The number of aromatic nitrogens is 2. The SMILES string of the molecule is O=C(Nc1cccc2cccnc12)c1cncc(NC2CC2)c1. The minimum atomic E-state index is -0.185. The Bertz CT molecular complexity index is 868. The fraction of sp³-hybridized carbons (Fsp3) is 0.167. The van der Waals surface area contributed by atoms with E-state index in [-0.39, 0.29) is 5.91 Å². The quantitative estimate of drug-likeness (QED) is 0.774. The first kappa shape index (κ1) is 13.7. The molecule has 0 saturated heterocycles. The molecule has 1 aliphatic rings. The Morgan fingerprint density at radius 2 is 2.00 bits per heavy atom. The number of carbonyl (C=O) groups is 1. The van der Waals surface area contributed by atoms with Crippen molar-refractivity contribution >= 4 is 28.2 Å². The molecule has 0 spiro atoms. The van der Waals surface area contributed by atoms with Gasteiger partial charge < -0.3 is 10.6 Å². The molecule has 0 aliphatic heterocycles. The fourth-order valence-corrected chi connectivity index (χ4v) is 2.51. The molecule has 23 heavy (non-hydrogen) atoms. The molecular formula is C18H16N4O. The van der Waals surface area contributed by atoms with Crippen LogP contribution in [-0.4, -0.2) is 21.9 Å². The van der Waals surface area contributed by atoms with Crippen LogP contribution in [-0.2, 0) is 0 Å². The van der Waals surface area contributed by atoms with Gasteiger partial charge in [0, 0.05) is 30.0 Å². The standard InChI is InChI=1S/C18H16N4O/c23-18(13-9-15(11-19-10-13)21-14-6-7-14)22-16-5-1-3-12-4-2-8-20-17(12)16/h1-5,8-11,14,21H,6-7H2,(H,22,23). The van der Waals surface area contributed by atoms with Crippen LogP contribution in [0.15, 0.2) is 55.0 Å². The van der Waals surface area contributed by atoms with Crippen LogP contribution in [0.1, 0.15) is 23.2 Å². The Morgan fingerprint density at radius 3 is 2.87 bits per heavy atom. The molecule has 0 radical (unpaired) electrons. The van der Waals surface area contributed by atoms with Gasteiger partial charge in [-0.3, -0.25) is 14.8 Å². The van der Waals surface area contributed by atoms with Gasteiger partial charge in [0.15, 0.2) is 0 Å². The lowest BCUT2D eigenvalue weighted by atomic mass is 10.2. The Labute approximate surface area is 133 Å². The summed E-state index contributed by atoms with van der Waals surface area (Å²) in [6, 6.07) is 11.9. The second-order valence-electron chi connectivity index (χ2n) is 5.72. The van der Waals surface area contributed by atoms with E-state index < -0.39 is 0 Å². The molecule has 1 fully saturated rings. The second-order valence-corrected chi connectivity index (χ2v) is 5.72. The number of para-hydroxylation sites is 1. The number of amides is 1. The van der Waals surface area contributed by atoms with Crippen LogP contribution in [0.25, 0.3) is 10.9 Å². The number of rotatable bonds is 4. The van der Waals surface area contributed by atoms with Crippen molar-refractivity contribution < 1.29 is 4.79 Å². The van der Waals surface area contributed by atoms with Crippen LogP contribution in [0.3, 0.4) is 0 Å². The fourth-order valence-electron chi connectivity index (χ4n) is 2.51. The maximum absolute atomic E-state index is 12.5. The van der Waals surface area contributed by atoms with Gasteiger partial charge in [0.1, 0.15) is 0 Å². The van der Waals surface area contributed by atoms with Crippen LogP contribution < -0.4 is 10.6 Å². The molecule has 1 aromatic carbocycles. The van der Waals surface area contributed by atoms with Crippen LogP contribution in [0.2, 0.25) is 0 Å². The van der Waals surface area contributed by atoms with Crippen LogP contribution in [0, 0.1) is 0 Å². The lowest BCUT2D eigenvalue weighted by molar-refractivity contribution is 0.102. The largest absolute Gasteiger partial charge is 0.381 e. The van der Waals surface area contributed by atoms with Gasteiger partial charge in [0.25, 0.3) is 5.91 Å². The van der Waals surface area contributed by atoms with E-state index in [0.29, 0.717) is 17.3 Å². The maximum atomic E-state index is 12.5. The molecule has 5 heteroatoms. The summed E-state index contributed by atoms with van der Waals surface area (Å²) in [4.78, 5) is 21.0. The minimum absolute atomic E-state index is 0.185. The van der Waals surface area contributed by atoms with Gasteiger partial charge in [-0.25, -0.2) is 0 Å². The first-order valence-corrected chi connectivity index (χ1v) is 7.66. The molecule has 5 nitrogen and oxygen atoms in total. The van der Waals surface area contributed by atoms with Gasteiger partial charge >= 0.3 is 0 Å². The highest BCUT2D eigenvalue weighted by molar-refractivity contribution is 6.08. The first-order chi connectivity index (χ1) is 11.3. The number of pyridine rings is 2. The highest BCUT2D eigenvalue weighted by Gasteiger charge is 2.21. The van der Waals surface area contributed by atoms with Crippen molar-refractivity contribution in [3.05, 3.63) is 60.6 Å². The van der Waals surface area contributed by atoms with E-state index in [1.54, 1.807) is 18.6 Å². The molecule has 1 saturated carbocycles. The molecule has 0 unspecified atom stereocenters. The number of benzene rings is 1. The van der Waals surface area contributed by atoms with Crippen LogP contribution in [0.5, 0.6) is 0 Å². The number of carbonyl (C=O) groups excluding carboxylic acids is 1. The monoisotopic (exact) mass is 304 g/mol. The molecule has 0 bridgehead atoms. The van der Waals surface area contributed by atoms with Gasteiger partial charge in [0.05, 0.1) is 22.5 Å². The Balaban J connectivity index is 1.59. The summed E-state index contributed by atoms with van der Waals surface area (Å²) >= 11 is 0. The lowest BCUT2D eigenvalue weighted by Gasteiger charge is -2.09. The number of hydrogen-bond donors (Lipinski definition) is 2. The molecule has 2 heterocycles. The van der Waals surface area contributed by atoms with Crippen LogP contribution >= 0.6 is 0 Å². The maximum Gasteiger partial charge on any atom is 0.257 e. The number of fused-ring (bicyclic) bond motifs is 1. The zero-order valence-corrected chi connectivity index (χ0v) is 12.5. The topological polar surface area (TPSA) is 66.9 Å². The second kappa shape index (κ2) is 5.68. The summed E-state index contributed by atoms with van der Waals surface area (Å²) in [5, 5.41) is 7.27. The van der Waals surface area contributed by atoms with Gasteiger partial charge in [-0.2, -0.15) is 0 Å². The van der Waals surface area contributed by atoms with Crippen LogP contribution in [0.4, 0.5) is 11.4 Å². The van der Waals surface area contributed by atoms with E-state index in [4.69, 9.17) is 0 Å². The van der Waals surface area contributed by atoms with Crippen molar-refractivity contribution in [1.82, 2.24) is 9.97 Å². The molecule has 1 amide bonds. The number of nitrogens with one attached hydrogen (secondary N) is 2. The molecule has 2 N–H and O–H groups in total. The van der Waals surface area contributed by atoms with E-state index in [1.807, 2.05) is 36.4 Å². The average Bonchev–Trinajstić information content (AvgIpc) is 3.39. The van der Waals surface area contributed by atoms with E-state index in [2.05, 4.69) is 20.6 Å². The van der Waals surface area contributed by atoms with E-state index in [1.165, 1.54) is 12.8 Å². The third kappa shape index (κ3) is 2.99. The summed E-state index contributed by atoms with van der Waals surface area (Å²) < 4.78 is 0. The van der Waals surface area contributed by atoms with Gasteiger partial charge in [-0.1, -0.05) is 18.2 Å². The Kier molecular flexibility index (Phi) is 3.38. The molecule has 0 atom stereocenters. The third-order valence-electron chi connectivity index (χ3n) is 3.83. The van der Waals surface area contributed by atoms with Crippen molar-refractivity contribution in [3.63, 3.8) is 0 Å². The highest BCUT2D eigenvalue weighted by atomic mass is 16.1. The highest BCUT2D eigenvalue weighted by Crippen LogP contribution is 2.25. The third-order valence-corrected chi connectivity index (χ3v) is 3.83. The smallest absolute Gasteiger partial charge is 0.257 e. The zero-order valence-electron chi connectivity index (χ0n) is 12.5. The van der Waals surface area contributed by atoms with E-state index in [9.17, 15) is 4.79 Å². The van der Waals surface area contributed by atoms with Crippen molar-refractivity contribution in [3.8, 4) is 0 Å². The molecule has 2 aromatic heterocycles. The van der Waals surface area contributed by atoms with Crippen molar-refractivity contribution in [2.45, 2.75) is 18.9 Å². The van der Waals surface area contributed by atoms with Gasteiger partial charge in [0.2, 0.25) is 0 Å². The Morgan fingerprint density at radius 1 is 1.13 bits per heavy atom. The van der Waals surface area contributed by atoms with Gasteiger partial charge in [-0.15, -0.1) is 0 Å². The molecule has 1 aliphatic carbocycles. The minimum Gasteiger partial charge on any atom is -0.381 e. The summed E-state index contributed by atoms with van der Waals surface area (Å²) in [5.41, 5.74) is 2.90. The molecular weight excluding hydrogens is 288 g/mol. The zero-order chi connectivity index (χ0) is 15.6. The number of anilines is 2. The Hall–Kier alpha value is -2.95. The first-order valence-electron chi connectivity index (χ1n) is 7.66. The van der Waals surface area contributed by atoms with E-state index >= 15 is 0 Å². The average molecular weight is 304 g/mol. The summed E-state index contributed by atoms with van der Waals surface area (Å²) in [6.45, 7) is 0. The summed E-state index contributed by atoms with van der Waals surface area (Å²) in [7, 11) is 0. The van der Waals surface area contributed by atoms with Crippen molar-refractivity contribution in [2.24, 2.45) is 0 Å². The van der Waals surface area contributed by atoms with E-state index in [0.717, 1.165) is 16.6 Å². The van der Waals surface area contributed by atoms with Crippen molar-refractivity contribution in [1.29, 1.82) is 0 Å². The number of nitrogens with zero attached hydrogens (tertiary/aromatic N) is 2. The summed E-state index contributed by atoms with van der Waals surface area (Å²) in [6.07, 6.45) is 7.40. The van der Waals surface area contributed by atoms with Crippen molar-refractivity contribution in [2.75, 3.05) is 10.6 Å². The normalized spacial score (nSPS) is 13.7.